The van der Waals surface area contributed by atoms with Gasteiger partial charge < -0.3 is 9.32 Å². The molecule has 10 aromatic rings. The lowest BCUT2D eigenvalue weighted by Gasteiger charge is -2.34. The topological polar surface area (TPSA) is 16.4 Å². The molecular weight excluding hydrogens is 691 g/mol. The van der Waals surface area contributed by atoms with Gasteiger partial charge in [0, 0.05) is 16.8 Å². The van der Waals surface area contributed by atoms with E-state index in [-0.39, 0.29) is 0 Å². The van der Waals surface area contributed by atoms with Crippen molar-refractivity contribution in [2.24, 2.45) is 0 Å². The summed E-state index contributed by atoms with van der Waals surface area (Å²) < 4.78 is 6.73. The maximum absolute atomic E-state index is 6.73. The Morgan fingerprint density at radius 1 is 0.351 bits per heavy atom. The number of hydrogen-bond acceptors (Lipinski definition) is 2. The van der Waals surface area contributed by atoms with Gasteiger partial charge in [0.2, 0.25) is 0 Å². The molecule has 0 spiro atoms. The molecule has 1 aliphatic rings. The van der Waals surface area contributed by atoms with Gasteiger partial charge in [-0.05, 0) is 104 Å². The molecule has 0 atom stereocenters. The third-order valence-corrected chi connectivity index (χ3v) is 11.8. The third-order valence-electron chi connectivity index (χ3n) is 11.8. The smallest absolute Gasteiger partial charge is 0.137 e. The van der Waals surface area contributed by atoms with Crippen molar-refractivity contribution in [1.82, 2.24) is 0 Å². The summed E-state index contributed by atoms with van der Waals surface area (Å²) in [6.07, 6.45) is 0. The van der Waals surface area contributed by atoms with Crippen molar-refractivity contribution in [1.29, 1.82) is 0 Å². The van der Waals surface area contributed by atoms with E-state index in [1.807, 2.05) is 0 Å². The van der Waals surface area contributed by atoms with Gasteiger partial charge in [0.05, 0.1) is 16.5 Å². The summed E-state index contributed by atoms with van der Waals surface area (Å²) in [6.45, 7) is 0. The second-order valence-electron chi connectivity index (χ2n) is 14.8. The summed E-state index contributed by atoms with van der Waals surface area (Å²) in [6, 6.07) is 81.1. The van der Waals surface area contributed by atoms with Crippen molar-refractivity contribution in [3.8, 4) is 33.4 Å². The summed E-state index contributed by atoms with van der Waals surface area (Å²) in [4.78, 5) is 2.36. The number of furan rings is 1. The van der Waals surface area contributed by atoms with E-state index in [1.54, 1.807) is 0 Å². The van der Waals surface area contributed by atoms with Gasteiger partial charge in [-0.25, -0.2) is 0 Å². The number of benzene rings is 9. The zero-order chi connectivity index (χ0) is 37.8. The summed E-state index contributed by atoms with van der Waals surface area (Å²) >= 11 is 0. The zero-order valence-electron chi connectivity index (χ0n) is 31.2. The van der Waals surface area contributed by atoms with Crippen LogP contribution in [0.15, 0.2) is 229 Å². The minimum absolute atomic E-state index is 0.554. The molecule has 57 heavy (non-hydrogen) atoms. The molecule has 2 heteroatoms. The van der Waals surface area contributed by atoms with Crippen LogP contribution in [0, 0.1) is 0 Å². The Morgan fingerprint density at radius 2 is 0.842 bits per heavy atom. The van der Waals surface area contributed by atoms with Gasteiger partial charge >= 0.3 is 0 Å². The van der Waals surface area contributed by atoms with Crippen LogP contribution in [0.4, 0.5) is 17.1 Å². The Balaban J connectivity index is 1.14. The molecule has 11 rings (SSSR count). The fraction of sp³-hybridized carbons (Fsp3) is 0.0182. The number of anilines is 3. The van der Waals surface area contributed by atoms with Crippen LogP contribution >= 0.6 is 0 Å². The second-order valence-corrected chi connectivity index (χ2v) is 14.8. The molecule has 0 radical (unpaired) electrons. The van der Waals surface area contributed by atoms with Gasteiger partial charge in [-0.2, -0.15) is 0 Å². The SMILES string of the molecule is c1ccc(-c2ccc(N(c3ccccc3)c3cccc4oc5ccc(C6(c7ccc(-c8ccccc8)cc7)c7ccccc7-c7ccccc76)cc5c34)cc2)cc1. The molecule has 0 unspecified atom stereocenters. The molecule has 0 amide bonds. The van der Waals surface area contributed by atoms with Crippen molar-refractivity contribution >= 4 is 39.0 Å². The normalized spacial score (nSPS) is 12.7. The Hall–Kier alpha value is -7.42. The summed E-state index contributed by atoms with van der Waals surface area (Å²) in [5.41, 5.74) is 16.7. The van der Waals surface area contributed by atoms with E-state index >= 15 is 0 Å². The highest BCUT2D eigenvalue weighted by Crippen LogP contribution is 2.57. The molecular formula is C55H37NO. The van der Waals surface area contributed by atoms with E-state index < -0.39 is 5.41 Å². The monoisotopic (exact) mass is 727 g/mol. The fourth-order valence-corrected chi connectivity index (χ4v) is 9.23. The van der Waals surface area contributed by atoms with E-state index in [9.17, 15) is 0 Å². The van der Waals surface area contributed by atoms with Crippen LogP contribution in [0.5, 0.6) is 0 Å². The highest BCUT2D eigenvalue weighted by Gasteiger charge is 2.46. The summed E-state index contributed by atoms with van der Waals surface area (Å²) in [7, 11) is 0. The average molecular weight is 728 g/mol. The average Bonchev–Trinajstić information content (AvgIpc) is 3.82. The van der Waals surface area contributed by atoms with Gasteiger partial charge in [-0.15, -0.1) is 0 Å². The Kier molecular flexibility index (Phi) is 7.75. The first kappa shape index (κ1) is 33.0. The van der Waals surface area contributed by atoms with E-state index in [4.69, 9.17) is 4.42 Å². The minimum Gasteiger partial charge on any atom is -0.456 e. The van der Waals surface area contributed by atoms with Crippen molar-refractivity contribution in [3.63, 3.8) is 0 Å². The maximum Gasteiger partial charge on any atom is 0.137 e. The van der Waals surface area contributed by atoms with Gasteiger partial charge in [0.25, 0.3) is 0 Å². The zero-order valence-corrected chi connectivity index (χ0v) is 31.2. The van der Waals surface area contributed by atoms with Crippen molar-refractivity contribution in [3.05, 3.63) is 247 Å². The third kappa shape index (κ3) is 5.26. The van der Waals surface area contributed by atoms with Crippen LogP contribution in [-0.2, 0) is 5.41 Å². The van der Waals surface area contributed by atoms with Crippen LogP contribution in [0.3, 0.4) is 0 Å². The lowest BCUT2D eigenvalue weighted by Crippen LogP contribution is -2.28. The maximum atomic E-state index is 6.73. The molecule has 268 valence electrons. The first-order valence-electron chi connectivity index (χ1n) is 19.6. The summed E-state index contributed by atoms with van der Waals surface area (Å²) in [5.74, 6) is 0. The van der Waals surface area contributed by atoms with Crippen LogP contribution in [0.1, 0.15) is 22.3 Å². The van der Waals surface area contributed by atoms with Gasteiger partial charge in [0.15, 0.2) is 0 Å². The van der Waals surface area contributed by atoms with Crippen LogP contribution in [0.2, 0.25) is 0 Å². The molecule has 0 N–H and O–H groups in total. The molecule has 0 saturated carbocycles. The number of fused-ring (bicyclic) bond motifs is 6. The number of para-hydroxylation sites is 1. The van der Waals surface area contributed by atoms with Gasteiger partial charge in [-0.1, -0.05) is 176 Å². The van der Waals surface area contributed by atoms with Crippen LogP contribution in [0.25, 0.3) is 55.3 Å². The molecule has 2 nitrogen and oxygen atoms in total. The molecule has 1 heterocycles. The van der Waals surface area contributed by atoms with Crippen molar-refractivity contribution in [2.45, 2.75) is 5.41 Å². The first-order chi connectivity index (χ1) is 28.3. The lowest BCUT2D eigenvalue weighted by molar-refractivity contribution is 0.668. The predicted octanol–water partition coefficient (Wildman–Crippen LogP) is 14.8. The highest BCUT2D eigenvalue weighted by atomic mass is 16.3. The first-order valence-corrected chi connectivity index (χ1v) is 19.6. The van der Waals surface area contributed by atoms with Crippen molar-refractivity contribution in [2.75, 3.05) is 4.90 Å². The predicted molar refractivity (Wildman–Crippen MR) is 237 cm³/mol. The van der Waals surface area contributed by atoms with Gasteiger partial charge in [0.1, 0.15) is 11.2 Å². The molecule has 1 aliphatic carbocycles. The lowest BCUT2D eigenvalue weighted by atomic mass is 9.67. The number of hydrogen-bond donors (Lipinski definition) is 0. The van der Waals surface area contributed by atoms with E-state index in [0.29, 0.717) is 0 Å². The summed E-state index contributed by atoms with van der Waals surface area (Å²) in [5, 5.41) is 2.17. The molecule has 9 aromatic carbocycles. The molecule has 0 bridgehead atoms. The van der Waals surface area contributed by atoms with Crippen molar-refractivity contribution < 1.29 is 4.42 Å². The van der Waals surface area contributed by atoms with Crippen LogP contribution < -0.4 is 4.90 Å². The van der Waals surface area contributed by atoms with Gasteiger partial charge in [-0.3, -0.25) is 0 Å². The van der Waals surface area contributed by atoms with E-state index in [0.717, 1.165) is 39.0 Å². The molecule has 0 saturated heterocycles. The Labute approximate surface area is 332 Å². The fourth-order valence-electron chi connectivity index (χ4n) is 9.23. The molecule has 0 fully saturated rings. The highest BCUT2D eigenvalue weighted by molar-refractivity contribution is 6.13. The standard InChI is InChI=1S/C55H37NO/c1-4-15-38(16-5-1)40-27-31-42(32-28-40)55(49-23-12-10-21-46(49)47-22-11-13-24-50(47)55)43-33-36-52-48(37-43)54-51(25-14-26-53(54)57-52)56(44-19-8-3-9-20-44)45-34-29-41(30-35-45)39-17-6-2-7-18-39/h1-37H. The quantitative estimate of drug-likeness (QED) is 0.163. The minimum atomic E-state index is -0.554. The van der Waals surface area contributed by atoms with Crippen LogP contribution in [-0.4, -0.2) is 0 Å². The number of rotatable bonds is 7. The Morgan fingerprint density at radius 3 is 1.46 bits per heavy atom. The molecule has 1 aromatic heterocycles. The van der Waals surface area contributed by atoms with E-state index in [2.05, 4.69) is 229 Å². The second kappa shape index (κ2) is 13.4. The number of nitrogens with zero attached hydrogens (tertiary/aromatic N) is 1. The largest absolute Gasteiger partial charge is 0.456 e. The molecule has 0 aliphatic heterocycles. The Bertz CT molecular complexity index is 2990. The van der Waals surface area contributed by atoms with E-state index in [1.165, 1.54) is 55.6 Å².